The van der Waals surface area contributed by atoms with Gasteiger partial charge in [0, 0.05) is 30.6 Å². The van der Waals surface area contributed by atoms with E-state index in [0.29, 0.717) is 22.6 Å². The molecule has 1 aromatic carbocycles. The van der Waals surface area contributed by atoms with Gasteiger partial charge in [-0.3, -0.25) is 9.97 Å². The van der Waals surface area contributed by atoms with Crippen molar-refractivity contribution in [1.82, 2.24) is 24.8 Å². The monoisotopic (exact) mass is 373 g/mol. The minimum atomic E-state index is 0.169. The summed E-state index contributed by atoms with van der Waals surface area (Å²) in [5, 5.41) is 14.0. The van der Waals surface area contributed by atoms with Crippen molar-refractivity contribution >= 4 is 5.57 Å². The molecular weight excluding hydrogens is 350 g/mol. The Bertz CT molecular complexity index is 1010. The zero-order valence-electron chi connectivity index (χ0n) is 15.7. The highest BCUT2D eigenvalue weighted by Crippen LogP contribution is 2.57. The van der Waals surface area contributed by atoms with Crippen molar-refractivity contribution < 1.29 is 5.11 Å². The van der Waals surface area contributed by atoms with E-state index in [1.54, 1.807) is 31.0 Å². The van der Waals surface area contributed by atoms with Gasteiger partial charge in [0.15, 0.2) is 0 Å². The van der Waals surface area contributed by atoms with E-state index in [1.807, 2.05) is 22.9 Å². The van der Waals surface area contributed by atoms with Crippen molar-refractivity contribution in [2.24, 2.45) is 11.3 Å². The van der Waals surface area contributed by atoms with Gasteiger partial charge >= 0.3 is 0 Å². The van der Waals surface area contributed by atoms with Crippen LogP contribution in [0.2, 0.25) is 0 Å². The number of benzene rings is 1. The summed E-state index contributed by atoms with van der Waals surface area (Å²) in [5.41, 5.74) is 4.50. The van der Waals surface area contributed by atoms with Crippen LogP contribution in [0.4, 0.5) is 0 Å². The lowest BCUT2D eigenvalue weighted by Crippen LogP contribution is -2.38. The SMILES string of the molecule is C=C(c1cnc(-c2ccc(-n3ccnc3)cc2O)cn1)C1CCNCC12CC2. The number of nitrogens with zero attached hydrogens (tertiary/aromatic N) is 4. The van der Waals surface area contributed by atoms with Crippen LogP contribution in [-0.2, 0) is 0 Å². The molecule has 1 unspecified atom stereocenters. The number of piperidine rings is 1. The molecule has 0 amide bonds. The normalized spacial score (nSPS) is 20.2. The van der Waals surface area contributed by atoms with Gasteiger partial charge in [0.2, 0.25) is 0 Å². The Morgan fingerprint density at radius 2 is 2.14 bits per heavy atom. The molecule has 0 radical (unpaired) electrons. The van der Waals surface area contributed by atoms with Crippen molar-refractivity contribution in [1.29, 1.82) is 0 Å². The Labute approximate surface area is 164 Å². The van der Waals surface area contributed by atoms with Crippen molar-refractivity contribution in [3.63, 3.8) is 0 Å². The second-order valence-corrected chi connectivity index (χ2v) is 7.86. The fourth-order valence-electron chi connectivity index (χ4n) is 4.36. The molecular formula is C22H23N5O. The summed E-state index contributed by atoms with van der Waals surface area (Å²) in [6, 6.07) is 5.49. The van der Waals surface area contributed by atoms with Crippen LogP contribution in [0.15, 0.2) is 55.9 Å². The number of phenols is 1. The first-order chi connectivity index (χ1) is 13.7. The molecule has 1 atom stereocenters. The Hall–Kier alpha value is -2.99. The van der Waals surface area contributed by atoms with Crippen LogP contribution in [0.3, 0.4) is 0 Å². The van der Waals surface area contributed by atoms with Crippen molar-refractivity contribution in [2.75, 3.05) is 13.1 Å². The lowest BCUT2D eigenvalue weighted by molar-refractivity contribution is 0.288. The van der Waals surface area contributed by atoms with Crippen molar-refractivity contribution in [3.05, 3.63) is 61.6 Å². The summed E-state index contributed by atoms with van der Waals surface area (Å²) in [4.78, 5) is 13.2. The second-order valence-electron chi connectivity index (χ2n) is 7.86. The molecule has 1 saturated carbocycles. The maximum Gasteiger partial charge on any atom is 0.127 e. The van der Waals surface area contributed by atoms with E-state index in [1.165, 1.54) is 12.8 Å². The van der Waals surface area contributed by atoms with E-state index in [9.17, 15) is 5.11 Å². The fraction of sp³-hybridized carbons (Fsp3) is 0.318. The first-order valence-corrected chi connectivity index (χ1v) is 9.70. The molecule has 28 heavy (non-hydrogen) atoms. The number of imidazole rings is 1. The molecule has 5 rings (SSSR count). The van der Waals surface area contributed by atoms with Gasteiger partial charge in [-0.15, -0.1) is 0 Å². The number of aromatic hydroxyl groups is 1. The molecule has 0 bridgehead atoms. The van der Waals surface area contributed by atoms with E-state index < -0.39 is 0 Å². The largest absolute Gasteiger partial charge is 0.507 e. The van der Waals surface area contributed by atoms with E-state index in [2.05, 4.69) is 26.8 Å². The highest BCUT2D eigenvalue weighted by molar-refractivity contribution is 5.70. The number of aromatic nitrogens is 4. The fourth-order valence-corrected chi connectivity index (χ4v) is 4.36. The molecule has 1 spiro atoms. The first-order valence-electron chi connectivity index (χ1n) is 9.70. The topological polar surface area (TPSA) is 75.9 Å². The number of hydrogen-bond acceptors (Lipinski definition) is 5. The minimum absolute atomic E-state index is 0.169. The Morgan fingerprint density at radius 3 is 2.82 bits per heavy atom. The molecule has 2 fully saturated rings. The predicted octanol–water partition coefficient (Wildman–Crippen LogP) is 3.44. The molecule has 142 valence electrons. The molecule has 6 nitrogen and oxygen atoms in total. The maximum absolute atomic E-state index is 10.5. The van der Waals surface area contributed by atoms with Gasteiger partial charge in [-0.1, -0.05) is 6.58 Å². The van der Waals surface area contributed by atoms with Gasteiger partial charge in [-0.2, -0.15) is 0 Å². The average Bonchev–Trinajstić information content (AvgIpc) is 3.27. The van der Waals surface area contributed by atoms with Crippen LogP contribution in [0.1, 0.15) is 25.0 Å². The van der Waals surface area contributed by atoms with Crippen LogP contribution in [0, 0.1) is 11.3 Å². The van der Waals surface area contributed by atoms with Gasteiger partial charge in [0.1, 0.15) is 5.75 Å². The molecule has 2 N–H and O–H groups in total. The molecule has 1 saturated heterocycles. The molecule has 6 heteroatoms. The molecule has 3 heterocycles. The highest BCUT2D eigenvalue weighted by Gasteiger charge is 2.51. The zero-order valence-corrected chi connectivity index (χ0v) is 15.7. The number of hydrogen-bond donors (Lipinski definition) is 2. The highest BCUT2D eigenvalue weighted by atomic mass is 16.3. The van der Waals surface area contributed by atoms with E-state index in [0.717, 1.165) is 36.5 Å². The summed E-state index contributed by atoms with van der Waals surface area (Å²) >= 11 is 0. The van der Waals surface area contributed by atoms with Crippen molar-refractivity contribution in [3.8, 4) is 22.7 Å². The third-order valence-electron chi connectivity index (χ3n) is 6.18. The number of rotatable bonds is 4. The Morgan fingerprint density at radius 1 is 1.25 bits per heavy atom. The van der Waals surface area contributed by atoms with E-state index in [-0.39, 0.29) is 5.75 Å². The molecule has 3 aromatic rings. The molecule has 1 aliphatic heterocycles. The average molecular weight is 373 g/mol. The van der Waals surface area contributed by atoms with E-state index >= 15 is 0 Å². The van der Waals surface area contributed by atoms with Crippen LogP contribution >= 0.6 is 0 Å². The maximum atomic E-state index is 10.5. The standard InChI is InChI=1S/C22H23N5O/c1-15(18-4-7-23-13-22(18)5-6-22)19-11-26-20(12-25-19)17-3-2-16(10-21(17)28)27-9-8-24-14-27/h2-3,8-12,14,18,23,28H,1,4-7,13H2. The van der Waals surface area contributed by atoms with E-state index in [4.69, 9.17) is 0 Å². The number of allylic oxidation sites excluding steroid dienone is 1. The van der Waals surface area contributed by atoms with Crippen LogP contribution in [0.25, 0.3) is 22.5 Å². The summed E-state index contributed by atoms with van der Waals surface area (Å²) in [7, 11) is 0. The third kappa shape index (κ3) is 2.90. The van der Waals surface area contributed by atoms with Gasteiger partial charge in [-0.05, 0) is 54.8 Å². The van der Waals surface area contributed by atoms with Crippen LogP contribution in [-0.4, -0.2) is 37.7 Å². The van der Waals surface area contributed by atoms with Gasteiger partial charge in [-0.25, -0.2) is 4.98 Å². The van der Waals surface area contributed by atoms with Gasteiger partial charge in [0.25, 0.3) is 0 Å². The summed E-state index contributed by atoms with van der Waals surface area (Å²) in [6.07, 6.45) is 12.4. The number of nitrogens with one attached hydrogen (secondary N) is 1. The number of phenolic OH excluding ortho intramolecular Hbond substituents is 1. The summed E-state index contributed by atoms with van der Waals surface area (Å²) in [6.45, 7) is 6.47. The van der Waals surface area contributed by atoms with Crippen molar-refractivity contribution in [2.45, 2.75) is 19.3 Å². The Kier molecular flexibility index (Phi) is 4.02. The summed E-state index contributed by atoms with van der Waals surface area (Å²) < 4.78 is 1.84. The summed E-state index contributed by atoms with van der Waals surface area (Å²) in [5.74, 6) is 0.652. The Balaban J connectivity index is 1.39. The quantitative estimate of drug-likeness (QED) is 0.733. The lowest BCUT2D eigenvalue weighted by atomic mass is 9.77. The molecule has 1 aliphatic carbocycles. The first kappa shape index (κ1) is 17.1. The smallest absolute Gasteiger partial charge is 0.127 e. The van der Waals surface area contributed by atoms with Crippen LogP contribution in [0.5, 0.6) is 5.75 Å². The van der Waals surface area contributed by atoms with Gasteiger partial charge in [0.05, 0.1) is 35.8 Å². The van der Waals surface area contributed by atoms with Crippen LogP contribution < -0.4 is 5.32 Å². The molecule has 2 aliphatic rings. The third-order valence-corrected chi connectivity index (χ3v) is 6.18. The molecule has 2 aromatic heterocycles. The second kappa shape index (κ2) is 6.56. The predicted molar refractivity (Wildman–Crippen MR) is 108 cm³/mol. The lowest BCUT2D eigenvalue weighted by Gasteiger charge is -2.33. The zero-order chi connectivity index (χ0) is 19.1. The minimum Gasteiger partial charge on any atom is -0.507 e. The van der Waals surface area contributed by atoms with Gasteiger partial charge < -0.3 is 15.0 Å².